The summed E-state index contributed by atoms with van der Waals surface area (Å²) in [7, 11) is -2.08. The van der Waals surface area contributed by atoms with E-state index in [0.29, 0.717) is 22.6 Å². The van der Waals surface area contributed by atoms with Crippen LogP contribution in [0.3, 0.4) is 0 Å². The number of sulfonamides is 1. The molecule has 0 aromatic heterocycles. The van der Waals surface area contributed by atoms with Crippen LogP contribution in [0.5, 0.6) is 5.75 Å². The number of anilines is 1. The molecule has 0 N–H and O–H groups in total. The maximum absolute atomic E-state index is 12.5. The molecule has 0 saturated heterocycles. The molecule has 0 saturated carbocycles. The molecule has 2 rings (SSSR count). The van der Waals surface area contributed by atoms with E-state index in [-0.39, 0.29) is 12.4 Å². The molecule has 2 aromatic rings. The van der Waals surface area contributed by atoms with Crippen LogP contribution in [0.1, 0.15) is 11.1 Å². The summed E-state index contributed by atoms with van der Waals surface area (Å²) in [5.41, 5.74) is 1.51. The number of benzene rings is 2. The van der Waals surface area contributed by atoms with Gasteiger partial charge >= 0.3 is 0 Å². The Morgan fingerprint density at radius 3 is 2.54 bits per heavy atom. The Bertz CT molecular complexity index is 891. The van der Waals surface area contributed by atoms with E-state index in [4.69, 9.17) is 16.4 Å². The van der Waals surface area contributed by atoms with E-state index in [1.54, 1.807) is 48.5 Å². The molecule has 0 spiro atoms. The molecular formula is C18H16N2O3S. The first-order valence-electron chi connectivity index (χ1n) is 7.08. The SMILES string of the molecule is C#CCOc1ccc(N(C)S(=O)(=O)Cc2cccc(C#N)c2)cc1. The van der Waals surface area contributed by atoms with Gasteiger partial charge in [0.1, 0.15) is 12.4 Å². The second kappa shape index (κ2) is 7.54. The third kappa shape index (κ3) is 4.28. The molecular weight excluding hydrogens is 324 g/mol. The van der Waals surface area contributed by atoms with Gasteiger partial charge in [0.15, 0.2) is 0 Å². The van der Waals surface area contributed by atoms with E-state index in [0.717, 1.165) is 0 Å². The van der Waals surface area contributed by atoms with Gasteiger partial charge in [-0.15, -0.1) is 6.42 Å². The number of nitriles is 1. The van der Waals surface area contributed by atoms with Gasteiger partial charge in [0.05, 0.1) is 23.1 Å². The van der Waals surface area contributed by atoms with Crippen molar-refractivity contribution in [1.29, 1.82) is 5.26 Å². The molecule has 0 bridgehead atoms. The van der Waals surface area contributed by atoms with Crippen molar-refractivity contribution >= 4 is 15.7 Å². The minimum Gasteiger partial charge on any atom is -0.481 e. The van der Waals surface area contributed by atoms with E-state index in [1.165, 1.54) is 11.4 Å². The highest BCUT2D eigenvalue weighted by atomic mass is 32.2. The third-order valence-corrected chi connectivity index (χ3v) is 5.09. The standard InChI is InChI=1S/C18H16N2O3S/c1-3-11-23-18-9-7-17(8-10-18)20(2)24(21,22)14-16-6-4-5-15(12-16)13-19/h1,4-10,12H,11,14H2,2H3. The summed E-state index contributed by atoms with van der Waals surface area (Å²) in [6.07, 6.45) is 5.12. The van der Waals surface area contributed by atoms with Crippen LogP contribution in [0, 0.1) is 23.7 Å². The number of hydrogen-bond acceptors (Lipinski definition) is 4. The Kier molecular flexibility index (Phi) is 5.47. The summed E-state index contributed by atoms with van der Waals surface area (Å²) in [6.45, 7) is 0.155. The average Bonchev–Trinajstić information content (AvgIpc) is 2.59. The van der Waals surface area contributed by atoms with Gasteiger partial charge in [-0.05, 0) is 42.0 Å². The van der Waals surface area contributed by atoms with Gasteiger partial charge in [0.25, 0.3) is 0 Å². The van der Waals surface area contributed by atoms with Crippen LogP contribution < -0.4 is 9.04 Å². The molecule has 0 aliphatic heterocycles. The molecule has 0 aliphatic carbocycles. The maximum atomic E-state index is 12.5. The van der Waals surface area contributed by atoms with Gasteiger partial charge in [-0.25, -0.2) is 8.42 Å². The molecule has 6 heteroatoms. The van der Waals surface area contributed by atoms with Crippen molar-refractivity contribution in [1.82, 2.24) is 0 Å². The Balaban J connectivity index is 2.16. The summed E-state index contributed by atoms with van der Waals surface area (Å²) >= 11 is 0. The van der Waals surface area contributed by atoms with Gasteiger partial charge in [-0.3, -0.25) is 4.31 Å². The molecule has 5 nitrogen and oxygen atoms in total. The van der Waals surface area contributed by atoms with Crippen LogP contribution in [0.15, 0.2) is 48.5 Å². The summed E-state index contributed by atoms with van der Waals surface area (Å²) in [4.78, 5) is 0. The number of nitrogens with zero attached hydrogens (tertiary/aromatic N) is 2. The van der Waals surface area contributed by atoms with Crippen LogP contribution >= 0.6 is 0 Å². The molecule has 24 heavy (non-hydrogen) atoms. The van der Waals surface area contributed by atoms with Crippen LogP contribution in [-0.4, -0.2) is 22.1 Å². The number of hydrogen-bond donors (Lipinski definition) is 0. The van der Waals surface area contributed by atoms with Crippen LogP contribution in [0.2, 0.25) is 0 Å². The van der Waals surface area contributed by atoms with Gasteiger partial charge in [-0.1, -0.05) is 18.1 Å². The summed E-state index contributed by atoms with van der Waals surface area (Å²) < 4.78 is 31.6. The second-order valence-corrected chi connectivity index (χ2v) is 7.02. The lowest BCUT2D eigenvalue weighted by Crippen LogP contribution is -2.27. The van der Waals surface area contributed by atoms with Gasteiger partial charge in [0.2, 0.25) is 10.0 Å². The molecule has 2 aromatic carbocycles. The van der Waals surface area contributed by atoms with Gasteiger partial charge in [-0.2, -0.15) is 5.26 Å². The van der Waals surface area contributed by atoms with E-state index in [1.807, 2.05) is 6.07 Å². The smallest absolute Gasteiger partial charge is 0.239 e. The predicted molar refractivity (Wildman–Crippen MR) is 93.0 cm³/mol. The first kappa shape index (κ1) is 17.4. The first-order valence-corrected chi connectivity index (χ1v) is 8.69. The minimum absolute atomic E-state index is 0.155. The third-order valence-electron chi connectivity index (χ3n) is 3.34. The van der Waals surface area contributed by atoms with E-state index in [9.17, 15) is 8.42 Å². The summed E-state index contributed by atoms with van der Waals surface area (Å²) in [5.74, 6) is 2.75. The van der Waals surface area contributed by atoms with Gasteiger partial charge < -0.3 is 4.74 Å². The molecule has 0 heterocycles. The van der Waals surface area contributed by atoms with Crippen molar-refractivity contribution in [2.45, 2.75) is 5.75 Å². The summed E-state index contributed by atoms with van der Waals surface area (Å²) in [5, 5.41) is 8.90. The number of rotatable bonds is 6. The summed E-state index contributed by atoms with van der Waals surface area (Å²) in [6, 6.07) is 15.2. The zero-order valence-electron chi connectivity index (χ0n) is 13.1. The Labute approximate surface area is 142 Å². The molecule has 0 atom stereocenters. The molecule has 0 fully saturated rings. The lowest BCUT2D eigenvalue weighted by atomic mass is 10.2. The van der Waals surface area contributed by atoms with E-state index >= 15 is 0 Å². The molecule has 0 unspecified atom stereocenters. The van der Waals surface area contributed by atoms with Crippen LogP contribution in [0.4, 0.5) is 5.69 Å². The van der Waals surface area contributed by atoms with E-state index < -0.39 is 10.0 Å². The van der Waals surface area contributed by atoms with Crippen molar-refractivity contribution < 1.29 is 13.2 Å². The quantitative estimate of drug-likeness (QED) is 0.758. The highest BCUT2D eigenvalue weighted by Gasteiger charge is 2.19. The van der Waals surface area contributed by atoms with Crippen molar-refractivity contribution in [3.63, 3.8) is 0 Å². The largest absolute Gasteiger partial charge is 0.481 e. The highest BCUT2D eigenvalue weighted by Crippen LogP contribution is 2.22. The lowest BCUT2D eigenvalue weighted by molar-refractivity contribution is 0.370. The van der Waals surface area contributed by atoms with Crippen molar-refractivity contribution in [3.05, 3.63) is 59.7 Å². The molecule has 0 aliphatic rings. The average molecular weight is 340 g/mol. The predicted octanol–water partition coefficient (Wildman–Crippen LogP) is 2.54. The second-order valence-electron chi connectivity index (χ2n) is 5.02. The minimum atomic E-state index is -3.57. The molecule has 0 radical (unpaired) electrons. The van der Waals surface area contributed by atoms with Crippen molar-refractivity contribution in [2.24, 2.45) is 0 Å². The topological polar surface area (TPSA) is 70.4 Å². The Hall–Kier alpha value is -2.96. The first-order chi connectivity index (χ1) is 11.5. The number of ether oxygens (including phenoxy) is 1. The molecule has 0 amide bonds. The maximum Gasteiger partial charge on any atom is 0.239 e. The Morgan fingerprint density at radius 2 is 1.92 bits per heavy atom. The van der Waals surface area contributed by atoms with Crippen molar-refractivity contribution in [2.75, 3.05) is 18.0 Å². The molecule has 122 valence electrons. The Morgan fingerprint density at radius 1 is 1.21 bits per heavy atom. The van der Waals surface area contributed by atoms with E-state index in [2.05, 4.69) is 5.92 Å². The van der Waals surface area contributed by atoms with Crippen LogP contribution in [0.25, 0.3) is 0 Å². The fourth-order valence-corrected chi connectivity index (χ4v) is 3.31. The fourth-order valence-electron chi connectivity index (χ4n) is 2.08. The van der Waals surface area contributed by atoms with Crippen molar-refractivity contribution in [3.8, 4) is 24.2 Å². The monoisotopic (exact) mass is 340 g/mol. The van der Waals surface area contributed by atoms with Gasteiger partial charge in [0, 0.05) is 7.05 Å². The zero-order chi connectivity index (χ0) is 17.6. The number of terminal acetylenes is 1. The zero-order valence-corrected chi connectivity index (χ0v) is 14.0. The highest BCUT2D eigenvalue weighted by molar-refractivity contribution is 7.92. The fraction of sp³-hybridized carbons (Fsp3) is 0.167. The normalized spacial score (nSPS) is 10.5. The lowest BCUT2D eigenvalue weighted by Gasteiger charge is -2.20. The van der Waals surface area contributed by atoms with Crippen LogP contribution in [-0.2, 0) is 15.8 Å².